The van der Waals surface area contributed by atoms with Gasteiger partial charge in [-0.25, -0.2) is 8.42 Å². The minimum atomic E-state index is -3.76. The van der Waals surface area contributed by atoms with Gasteiger partial charge in [-0.05, 0) is 54.8 Å². The Morgan fingerprint density at radius 1 is 1.09 bits per heavy atom. The van der Waals surface area contributed by atoms with Gasteiger partial charge in [0.15, 0.2) is 0 Å². The summed E-state index contributed by atoms with van der Waals surface area (Å²) in [6.45, 7) is 5.71. The summed E-state index contributed by atoms with van der Waals surface area (Å²) in [6, 6.07) is 12.8. The molecule has 0 spiro atoms. The molecule has 0 saturated heterocycles. The predicted molar refractivity (Wildman–Crippen MR) is 136 cm³/mol. The molecule has 2 rings (SSSR count). The lowest BCUT2D eigenvalue weighted by atomic mass is 10.1. The van der Waals surface area contributed by atoms with Crippen LogP contribution in [-0.2, 0) is 26.2 Å². The lowest BCUT2D eigenvalue weighted by molar-refractivity contribution is -0.139. The molecular formula is C23H29BrClN3O4S. The zero-order chi connectivity index (χ0) is 24.8. The summed E-state index contributed by atoms with van der Waals surface area (Å²) in [7, 11) is -3.76. The molecule has 0 aliphatic rings. The van der Waals surface area contributed by atoms with Crippen LogP contribution in [0.15, 0.2) is 53.0 Å². The highest BCUT2D eigenvalue weighted by molar-refractivity contribution is 9.10. The van der Waals surface area contributed by atoms with Crippen LogP contribution in [0.25, 0.3) is 0 Å². The number of benzene rings is 2. The molecule has 180 valence electrons. The molecule has 1 atom stereocenters. The van der Waals surface area contributed by atoms with Crippen LogP contribution in [0, 0.1) is 5.92 Å². The van der Waals surface area contributed by atoms with Crippen molar-refractivity contribution in [3.05, 3.63) is 63.6 Å². The number of nitrogens with zero attached hydrogens (tertiary/aromatic N) is 2. The molecule has 1 N–H and O–H groups in total. The fourth-order valence-electron chi connectivity index (χ4n) is 3.09. The van der Waals surface area contributed by atoms with E-state index < -0.39 is 28.5 Å². The SMILES string of the molecule is CC(C)CNC(=O)C(C)N(Cc1cccc(Cl)c1)C(=O)CN(c1ccc(Br)cc1)S(C)(=O)=O. The largest absolute Gasteiger partial charge is 0.354 e. The van der Waals surface area contributed by atoms with E-state index in [-0.39, 0.29) is 18.4 Å². The van der Waals surface area contributed by atoms with Crippen LogP contribution in [0.1, 0.15) is 26.3 Å². The van der Waals surface area contributed by atoms with Gasteiger partial charge < -0.3 is 10.2 Å². The molecule has 0 saturated carbocycles. The van der Waals surface area contributed by atoms with E-state index in [1.807, 2.05) is 13.8 Å². The van der Waals surface area contributed by atoms with Crippen LogP contribution in [0.4, 0.5) is 5.69 Å². The minimum absolute atomic E-state index is 0.105. The Labute approximate surface area is 209 Å². The normalized spacial score (nSPS) is 12.3. The van der Waals surface area contributed by atoms with Crippen LogP contribution in [0.3, 0.4) is 0 Å². The van der Waals surface area contributed by atoms with Gasteiger partial charge in [0, 0.05) is 22.6 Å². The lowest BCUT2D eigenvalue weighted by Gasteiger charge is -2.31. The first kappa shape index (κ1) is 27.1. The third-order valence-corrected chi connectivity index (χ3v) is 6.79. The Kier molecular flexibility index (Phi) is 9.75. The number of amides is 2. The van der Waals surface area contributed by atoms with Gasteiger partial charge >= 0.3 is 0 Å². The van der Waals surface area contributed by atoms with Crippen molar-refractivity contribution in [3.63, 3.8) is 0 Å². The maximum Gasteiger partial charge on any atom is 0.244 e. The van der Waals surface area contributed by atoms with Crippen LogP contribution < -0.4 is 9.62 Å². The second kappa shape index (κ2) is 11.9. The van der Waals surface area contributed by atoms with Gasteiger partial charge in [-0.1, -0.05) is 53.5 Å². The average Bonchev–Trinajstić information content (AvgIpc) is 2.73. The molecule has 0 aliphatic heterocycles. The molecule has 0 bridgehead atoms. The van der Waals surface area contributed by atoms with E-state index in [4.69, 9.17) is 11.6 Å². The molecule has 7 nitrogen and oxygen atoms in total. The smallest absolute Gasteiger partial charge is 0.244 e. The van der Waals surface area contributed by atoms with E-state index in [1.54, 1.807) is 55.5 Å². The first-order valence-corrected chi connectivity index (χ1v) is 13.4. The number of carbonyl (C=O) groups is 2. The van der Waals surface area contributed by atoms with Crippen molar-refractivity contribution < 1.29 is 18.0 Å². The van der Waals surface area contributed by atoms with Crippen molar-refractivity contribution in [3.8, 4) is 0 Å². The molecule has 0 heterocycles. The van der Waals surface area contributed by atoms with Gasteiger partial charge in [0.25, 0.3) is 0 Å². The zero-order valence-corrected chi connectivity index (χ0v) is 22.2. The summed E-state index contributed by atoms with van der Waals surface area (Å²) in [5, 5.41) is 3.34. The van der Waals surface area contributed by atoms with Crippen molar-refractivity contribution in [2.45, 2.75) is 33.4 Å². The number of halogens is 2. The quantitative estimate of drug-likeness (QED) is 0.477. The highest BCUT2D eigenvalue weighted by Gasteiger charge is 2.30. The summed E-state index contributed by atoms with van der Waals surface area (Å²) in [6.07, 6.45) is 1.04. The highest BCUT2D eigenvalue weighted by atomic mass is 79.9. The van der Waals surface area contributed by atoms with Gasteiger partial charge in [0.1, 0.15) is 12.6 Å². The van der Waals surface area contributed by atoms with Crippen LogP contribution in [-0.4, -0.2) is 50.5 Å². The second-order valence-corrected chi connectivity index (χ2v) is 11.5. The summed E-state index contributed by atoms with van der Waals surface area (Å²) in [4.78, 5) is 27.6. The molecule has 1 unspecified atom stereocenters. The first-order chi connectivity index (χ1) is 15.4. The first-order valence-electron chi connectivity index (χ1n) is 10.4. The number of hydrogen-bond acceptors (Lipinski definition) is 4. The van der Waals surface area contributed by atoms with E-state index in [1.165, 1.54) is 4.90 Å². The van der Waals surface area contributed by atoms with Crippen molar-refractivity contribution >= 4 is 55.1 Å². The van der Waals surface area contributed by atoms with Crippen molar-refractivity contribution in [2.75, 3.05) is 23.7 Å². The highest BCUT2D eigenvalue weighted by Crippen LogP contribution is 2.22. The van der Waals surface area contributed by atoms with Crippen LogP contribution in [0.2, 0.25) is 5.02 Å². The molecule has 2 aromatic carbocycles. The van der Waals surface area contributed by atoms with Gasteiger partial charge in [-0.3, -0.25) is 13.9 Å². The third-order valence-electron chi connectivity index (χ3n) is 4.89. The van der Waals surface area contributed by atoms with Crippen molar-refractivity contribution in [2.24, 2.45) is 5.92 Å². The number of carbonyl (C=O) groups excluding carboxylic acids is 2. The number of rotatable bonds is 10. The fourth-order valence-corrected chi connectivity index (χ4v) is 4.41. The summed E-state index contributed by atoms with van der Waals surface area (Å²) < 4.78 is 26.8. The maximum absolute atomic E-state index is 13.4. The number of anilines is 1. The van der Waals surface area contributed by atoms with E-state index in [0.29, 0.717) is 17.3 Å². The second-order valence-electron chi connectivity index (χ2n) is 8.21. The number of hydrogen-bond donors (Lipinski definition) is 1. The lowest BCUT2D eigenvalue weighted by Crippen LogP contribution is -2.51. The summed E-state index contributed by atoms with van der Waals surface area (Å²) in [5.74, 6) is -0.569. The molecule has 2 aromatic rings. The van der Waals surface area contributed by atoms with E-state index >= 15 is 0 Å². The van der Waals surface area contributed by atoms with Gasteiger partial charge in [0.2, 0.25) is 21.8 Å². The molecular weight excluding hydrogens is 530 g/mol. The zero-order valence-electron chi connectivity index (χ0n) is 19.1. The van der Waals surface area contributed by atoms with Crippen molar-refractivity contribution in [1.82, 2.24) is 10.2 Å². The standard InChI is InChI=1S/C23H29BrClN3O4S/c1-16(2)13-26-23(30)17(3)27(14-18-6-5-7-20(25)12-18)22(29)15-28(33(4,31)32)21-10-8-19(24)9-11-21/h5-12,16-17H,13-15H2,1-4H3,(H,26,30). The van der Waals surface area contributed by atoms with E-state index in [9.17, 15) is 18.0 Å². The third kappa shape index (κ3) is 8.32. The Bertz CT molecular complexity index is 1080. The fraction of sp³-hybridized carbons (Fsp3) is 0.391. The molecule has 33 heavy (non-hydrogen) atoms. The molecule has 10 heteroatoms. The monoisotopic (exact) mass is 557 g/mol. The van der Waals surface area contributed by atoms with E-state index in [2.05, 4.69) is 21.2 Å². The predicted octanol–water partition coefficient (Wildman–Crippen LogP) is 4.06. The van der Waals surface area contributed by atoms with Gasteiger partial charge in [-0.2, -0.15) is 0 Å². The molecule has 0 aromatic heterocycles. The molecule has 0 fully saturated rings. The Hall–Kier alpha value is -2.10. The molecule has 2 amide bonds. The number of sulfonamides is 1. The van der Waals surface area contributed by atoms with Crippen molar-refractivity contribution in [1.29, 1.82) is 0 Å². The Morgan fingerprint density at radius 2 is 1.73 bits per heavy atom. The molecule has 0 aliphatic carbocycles. The minimum Gasteiger partial charge on any atom is -0.354 e. The average molecular weight is 559 g/mol. The molecule has 0 radical (unpaired) electrons. The van der Waals surface area contributed by atoms with Crippen LogP contribution >= 0.6 is 27.5 Å². The van der Waals surface area contributed by atoms with Crippen LogP contribution in [0.5, 0.6) is 0 Å². The number of nitrogens with one attached hydrogen (secondary N) is 1. The Balaban J connectivity index is 2.35. The summed E-state index contributed by atoms with van der Waals surface area (Å²) >= 11 is 9.42. The van der Waals surface area contributed by atoms with Gasteiger partial charge in [0.05, 0.1) is 11.9 Å². The van der Waals surface area contributed by atoms with Gasteiger partial charge in [-0.15, -0.1) is 0 Å². The topological polar surface area (TPSA) is 86.8 Å². The Morgan fingerprint density at radius 3 is 2.27 bits per heavy atom. The summed E-state index contributed by atoms with van der Waals surface area (Å²) in [5.41, 5.74) is 1.09. The van der Waals surface area contributed by atoms with E-state index in [0.717, 1.165) is 20.6 Å². The maximum atomic E-state index is 13.4.